The van der Waals surface area contributed by atoms with Gasteiger partial charge in [0.1, 0.15) is 0 Å². The van der Waals surface area contributed by atoms with E-state index < -0.39 is 0 Å². The van der Waals surface area contributed by atoms with Crippen molar-refractivity contribution in [2.75, 3.05) is 13.6 Å². The lowest BCUT2D eigenvalue weighted by Crippen LogP contribution is -2.35. The summed E-state index contributed by atoms with van der Waals surface area (Å²) in [5.74, 6) is 0.161. The molecule has 0 spiro atoms. The number of carbonyl (C=O) groups is 1. The van der Waals surface area contributed by atoms with E-state index in [1.54, 1.807) is 0 Å². The van der Waals surface area contributed by atoms with E-state index in [0.717, 1.165) is 23.0 Å². The number of benzene rings is 1. The van der Waals surface area contributed by atoms with Crippen LogP contribution in [0.25, 0.3) is 0 Å². The molecule has 0 aromatic heterocycles. The van der Waals surface area contributed by atoms with Gasteiger partial charge in [0, 0.05) is 17.6 Å². The Morgan fingerprint density at radius 2 is 2.17 bits per heavy atom. The summed E-state index contributed by atoms with van der Waals surface area (Å²) >= 11 is 3.45. The summed E-state index contributed by atoms with van der Waals surface area (Å²) in [5.41, 5.74) is 2.34. The van der Waals surface area contributed by atoms with Crippen molar-refractivity contribution in [3.05, 3.63) is 33.8 Å². The van der Waals surface area contributed by atoms with Crippen LogP contribution in [0.4, 0.5) is 0 Å². The normalized spacial score (nSPS) is 12.2. The highest BCUT2D eigenvalue weighted by Gasteiger charge is 2.15. The molecule has 100 valence electrons. The fourth-order valence-corrected chi connectivity index (χ4v) is 2.23. The van der Waals surface area contributed by atoms with Crippen LogP contribution in [-0.2, 0) is 11.3 Å². The molecule has 1 amide bonds. The molecule has 1 rings (SSSR count). The number of nitrogens with one attached hydrogen (secondary N) is 2. The Bertz CT molecular complexity index is 407. The number of aryl methyl sites for hydroxylation is 1. The molecule has 18 heavy (non-hydrogen) atoms. The van der Waals surface area contributed by atoms with E-state index in [9.17, 15) is 4.79 Å². The van der Waals surface area contributed by atoms with E-state index >= 15 is 0 Å². The SMILES string of the molecule is CCC(CNC)C(=O)NCc1cc(Br)ccc1C. The Balaban J connectivity index is 2.58. The van der Waals surface area contributed by atoms with Crippen LogP contribution in [0.1, 0.15) is 24.5 Å². The van der Waals surface area contributed by atoms with Gasteiger partial charge in [-0.2, -0.15) is 0 Å². The monoisotopic (exact) mass is 312 g/mol. The Kier molecular flexibility index (Phi) is 6.36. The molecule has 0 aliphatic rings. The second kappa shape index (κ2) is 7.54. The Hall–Kier alpha value is -0.870. The summed E-state index contributed by atoms with van der Waals surface area (Å²) in [4.78, 5) is 12.0. The first kappa shape index (κ1) is 15.2. The van der Waals surface area contributed by atoms with Crippen molar-refractivity contribution in [2.24, 2.45) is 5.92 Å². The third-order valence-corrected chi connectivity index (χ3v) is 3.57. The molecule has 0 radical (unpaired) electrons. The van der Waals surface area contributed by atoms with Gasteiger partial charge in [-0.05, 0) is 43.7 Å². The van der Waals surface area contributed by atoms with Crippen molar-refractivity contribution in [2.45, 2.75) is 26.8 Å². The molecular formula is C14H21BrN2O. The highest BCUT2D eigenvalue weighted by Crippen LogP contribution is 2.16. The van der Waals surface area contributed by atoms with Crippen LogP contribution < -0.4 is 10.6 Å². The predicted molar refractivity (Wildman–Crippen MR) is 78.4 cm³/mol. The minimum atomic E-state index is 0.0439. The zero-order valence-corrected chi connectivity index (χ0v) is 12.8. The zero-order chi connectivity index (χ0) is 13.5. The summed E-state index contributed by atoms with van der Waals surface area (Å²) < 4.78 is 1.04. The molecule has 4 heteroatoms. The number of halogens is 1. The number of rotatable bonds is 6. The summed E-state index contributed by atoms with van der Waals surface area (Å²) in [6, 6.07) is 6.11. The second-order valence-electron chi connectivity index (χ2n) is 4.45. The smallest absolute Gasteiger partial charge is 0.224 e. The summed E-state index contributed by atoms with van der Waals surface area (Å²) in [7, 11) is 1.87. The molecule has 0 fully saturated rings. The minimum absolute atomic E-state index is 0.0439. The molecule has 0 bridgehead atoms. The van der Waals surface area contributed by atoms with Crippen LogP contribution in [0.3, 0.4) is 0 Å². The van der Waals surface area contributed by atoms with Crippen molar-refractivity contribution in [3.8, 4) is 0 Å². The van der Waals surface area contributed by atoms with Crippen molar-refractivity contribution in [3.63, 3.8) is 0 Å². The van der Waals surface area contributed by atoms with Gasteiger partial charge in [-0.1, -0.05) is 28.9 Å². The summed E-state index contributed by atoms with van der Waals surface area (Å²) in [5, 5.41) is 6.05. The third-order valence-electron chi connectivity index (χ3n) is 3.08. The van der Waals surface area contributed by atoms with Crippen LogP contribution in [0, 0.1) is 12.8 Å². The second-order valence-corrected chi connectivity index (χ2v) is 5.37. The fraction of sp³-hybridized carbons (Fsp3) is 0.500. The highest BCUT2D eigenvalue weighted by molar-refractivity contribution is 9.10. The van der Waals surface area contributed by atoms with Crippen LogP contribution in [0.2, 0.25) is 0 Å². The molecule has 1 aromatic carbocycles. The van der Waals surface area contributed by atoms with E-state index in [0.29, 0.717) is 6.54 Å². The van der Waals surface area contributed by atoms with Gasteiger partial charge in [0.2, 0.25) is 5.91 Å². The quantitative estimate of drug-likeness (QED) is 0.848. The first-order chi connectivity index (χ1) is 8.58. The zero-order valence-electron chi connectivity index (χ0n) is 11.2. The average Bonchev–Trinajstić information content (AvgIpc) is 2.36. The van der Waals surface area contributed by atoms with Crippen LogP contribution in [0.5, 0.6) is 0 Å². The van der Waals surface area contributed by atoms with Crippen LogP contribution in [-0.4, -0.2) is 19.5 Å². The maximum absolute atomic E-state index is 12.0. The predicted octanol–water partition coefficient (Wildman–Crippen LogP) is 2.62. The van der Waals surface area contributed by atoms with E-state index in [1.807, 2.05) is 20.0 Å². The van der Waals surface area contributed by atoms with E-state index in [-0.39, 0.29) is 11.8 Å². The maximum atomic E-state index is 12.0. The van der Waals surface area contributed by atoms with Crippen LogP contribution in [0.15, 0.2) is 22.7 Å². The lowest BCUT2D eigenvalue weighted by molar-refractivity contribution is -0.125. The van der Waals surface area contributed by atoms with Gasteiger partial charge in [0.25, 0.3) is 0 Å². The van der Waals surface area contributed by atoms with E-state index in [2.05, 4.69) is 45.6 Å². The molecule has 0 aliphatic heterocycles. The molecule has 2 N–H and O–H groups in total. The van der Waals surface area contributed by atoms with Gasteiger partial charge in [-0.3, -0.25) is 4.79 Å². The maximum Gasteiger partial charge on any atom is 0.224 e. The highest BCUT2D eigenvalue weighted by atomic mass is 79.9. The lowest BCUT2D eigenvalue weighted by atomic mass is 10.1. The van der Waals surface area contributed by atoms with Gasteiger partial charge < -0.3 is 10.6 Å². The molecule has 0 heterocycles. The summed E-state index contributed by atoms with van der Waals surface area (Å²) in [6.07, 6.45) is 0.851. The van der Waals surface area contributed by atoms with Gasteiger partial charge in [-0.15, -0.1) is 0 Å². The number of amides is 1. The standard InChI is InChI=1S/C14H21BrN2O/c1-4-11(8-16-3)14(18)17-9-12-7-13(15)6-5-10(12)2/h5-7,11,16H,4,8-9H2,1-3H3,(H,17,18). The number of hydrogen-bond donors (Lipinski definition) is 2. The number of hydrogen-bond acceptors (Lipinski definition) is 2. The van der Waals surface area contributed by atoms with E-state index in [1.165, 1.54) is 5.56 Å². The molecule has 3 nitrogen and oxygen atoms in total. The van der Waals surface area contributed by atoms with Gasteiger partial charge >= 0.3 is 0 Å². The van der Waals surface area contributed by atoms with Crippen molar-refractivity contribution in [1.29, 1.82) is 0 Å². The molecule has 1 unspecified atom stereocenters. The van der Waals surface area contributed by atoms with Gasteiger partial charge in [0.15, 0.2) is 0 Å². The van der Waals surface area contributed by atoms with Crippen molar-refractivity contribution in [1.82, 2.24) is 10.6 Å². The first-order valence-corrected chi connectivity index (χ1v) is 7.05. The fourth-order valence-electron chi connectivity index (χ4n) is 1.83. The topological polar surface area (TPSA) is 41.1 Å². The molecule has 1 aromatic rings. The minimum Gasteiger partial charge on any atom is -0.352 e. The molecule has 0 aliphatic carbocycles. The first-order valence-electron chi connectivity index (χ1n) is 6.25. The molecule has 1 atom stereocenters. The van der Waals surface area contributed by atoms with Crippen LogP contribution >= 0.6 is 15.9 Å². The van der Waals surface area contributed by atoms with E-state index in [4.69, 9.17) is 0 Å². The largest absolute Gasteiger partial charge is 0.352 e. The Morgan fingerprint density at radius 1 is 1.44 bits per heavy atom. The number of carbonyl (C=O) groups excluding carboxylic acids is 1. The van der Waals surface area contributed by atoms with Crippen molar-refractivity contribution < 1.29 is 4.79 Å². The lowest BCUT2D eigenvalue weighted by Gasteiger charge is -2.15. The Labute approximate surface area is 117 Å². The molecular weight excluding hydrogens is 292 g/mol. The summed E-state index contributed by atoms with van der Waals surface area (Å²) in [6.45, 7) is 5.40. The Morgan fingerprint density at radius 3 is 2.78 bits per heavy atom. The van der Waals surface area contributed by atoms with Gasteiger partial charge in [0.05, 0.1) is 5.92 Å². The molecule has 0 saturated heterocycles. The van der Waals surface area contributed by atoms with Crippen molar-refractivity contribution >= 4 is 21.8 Å². The average molecular weight is 313 g/mol. The van der Waals surface area contributed by atoms with Gasteiger partial charge in [-0.25, -0.2) is 0 Å². The molecule has 0 saturated carbocycles. The third kappa shape index (κ3) is 4.42.